The van der Waals surface area contributed by atoms with Crippen LogP contribution in [0.5, 0.6) is 5.75 Å². The molecule has 0 bridgehead atoms. The third-order valence-electron chi connectivity index (χ3n) is 3.71. The van der Waals surface area contributed by atoms with Crippen molar-refractivity contribution in [2.24, 2.45) is 0 Å². The second-order valence-corrected chi connectivity index (χ2v) is 6.48. The first-order valence-electron chi connectivity index (χ1n) is 7.74. The summed E-state index contributed by atoms with van der Waals surface area (Å²) in [4.78, 5) is 22.4. The van der Waals surface area contributed by atoms with E-state index >= 15 is 0 Å². The third kappa shape index (κ3) is 4.69. The molecular formula is C18H13BrFNO6. The molecule has 0 radical (unpaired) electrons. The van der Waals surface area contributed by atoms with Gasteiger partial charge in [-0.15, -0.1) is 0 Å². The topological polar surface area (TPSA) is 87.9 Å². The zero-order valence-corrected chi connectivity index (χ0v) is 15.4. The number of nitro groups is 1. The Morgan fingerprint density at radius 2 is 2.19 bits per heavy atom. The van der Waals surface area contributed by atoms with Crippen LogP contribution in [0.4, 0.5) is 10.1 Å². The van der Waals surface area contributed by atoms with Gasteiger partial charge in [0.05, 0.1) is 11.5 Å². The molecule has 9 heteroatoms. The number of non-ortho nitro benzene ring substituents is 1. The lowest BCUT2D eigenvalue weighted by molar-refractivity contribution is -0.385. The molecule has 0 fully saturated rings. The van der Waals surface area contributed by atoms with Gasteiger partial charge >= 0.3 is 5.97 Å². The molecule has 2 aromatic carbocycles. The average Bonchev–Trinajstić information content (AvgIpc) is 2.66. The molecule has 0 N–H and O–H groups in total. The second kappa shape index (κ2) is 8.28. The molecular weight excluding hydrogens is 425 g/mol. The summed E-state index contributed by atoms with van der Waals surface area (Å²) in [5, 5.41) is 11.1. The van der Waals surface area contributed by atoms with Gasteiger partial charge in [-0.25, -0.2) is 9.18 Å². The van der Waals surface area contributed by atoms with Gasteiger partial charge in [-0.05, 0) is 24.3 Å². The number of carbonyl (C=O) groups is 1. The number of nitro benzene ring substituents is 1. The van der Waals surface area contributed by atoms with E-state index in [0.29, 0.717) is 21.3 Å². The van der Waals surface area contributed by atoms with Crippen LogP contribution in [0.2, 0.25) is 0 Å². The lowest BCUT2D eigenvalue weighted by atomic mass is 10.1. The molecule has 1 aliphatic heterocycles. The Labute approximate surface area is 161 Å². The molecule has 0 saturated carbocycles. The van der Waals surface area contributed by atoms with Crippen LogP contribution in [0, 0.1) is 15.9 Å². The fourth-order valence-electron chi connectivity index (χ4n) is 2.49. The summed E-state index contributed by atoms with van der Waals surface area (Å²) < 4.78 is 29.9. The summed E-state index contributed by atoms with van der Waals surface area (Å²) in [6.45, 7) is -0.0536. The Morgan fingerprint density at radius 1 is 1.37 bits per heavy atom. The van der Waals surface area contributed by atoms with Crippen molar-refractivity contribution in [2.75, 3.05) is 6.79 Å². The molecule has 0 unspecified atom stereocenters. The smallest absolute Gasteiger partial charge is 0.331 e. The van der Waals surface area contributed by atoms with Crippen LogP contribution in [-0.4, -0.2) is 17.7 Å². The third-order valence-corrected chi connectivity index (χ3v) is 4.20. The predicted octanol–water partition coefficient (Wildman–Crippen LogP) is 4.12. The molecule has 0 spiro atoms. The van der Waals surface area contributed by atoms with Crippen molar-refractivity contribution in [3.8, 4) is 5.75 Å². The fraction of sp³-hybridized carbons (Fsp3) is 0.167. The Morgan fingerprint density at radius 3 is 2.96 bits per heavy atom. The van der Waals surface area contributed by atoms with Gasteiger partial charge in [-0.3, -0.25) is 10.1 Å². The first-order chi connectivity index (χ1) is 12.9. The van der Waals surface area contributed by atoms with Crippen LogP contribution >= 0.6 is 15.9 Å². The van der Waals surface area contributed by atoms with E-state index in [1.807, 2.05) is 0 Å². The van der Waals surface area contributed by atoms with Crippen LogP contribution in [-0.2, 0) is 27.5 Å². The summed E-state index contributed by atoms with van der Waals surface area (Å²) in [7, 11) is 0. The SMILES string of the molecule is O=C(/C=C/c1cc(Br)ccc1F)OCc1cc([N+](=O)[O-])cc2c1OCOC2. The molecule has 1 heterocycles. The first kappa shape index (κ1) is 19.0. The maximum atomic E-state index is 13.7. The number of halogens is 2. The Bertz CT molecular complexity index is 930. The highest BCUT2D eigenvalue weighted by Gasteiger charge is 2.21. The summed E-state index contributed by atoms with van der Waals surface area (Å²) >= 11 is 3.22. The molecule has 140 valence electrons. The van der Waals surface area contributed by atoms with Crippen LogP contribution in [0.15, 0.2) is 40.9 Å². The van der Waals surface area contributed by atoms with Crippen LogP contribution in [0.3, 0.4) is 0 Å². The Balaban J connectivity index is 1.73. The highest BCUT2D eigenvalue weighted by atomic mass is 79.9. The maximum Gasteiger partial charge on any atom is 0.331 e. The monoisotopic (exact) mass is 437 g/mol. The average molecular weight is 438 g/mol. The number of esters is 1. The quantitative estimate of drug-likeness (QED) is 0.302. The largest absolute Gasteiger partial charge is 0.467 e. The van der Waals surface area contributed by atoms with Gasteiger partial charge < -0.3 is 14.2 Å². The maximum absolute atomic E-state index is 13.7. The number of benzene rings is 2. The van der Waals surface area contributed by atoms with E-state index < -0.39 is 16.7 Å². The van der Waals surface area contributed by atoms with Gasteiger partial charge in [-0.2, -0.15) is 0 Å². The van der Waals surface area contributed by atoms with Crippen LogP contribution < -0.4 is 4.74 Å². The van der Waals surface area contributed by atoms with Crippen molar-refractivity contribution in [1.82, 2.24) is 0 Å². The molecule has 0 aromatic heterocycles. The highest BCUT2D eigenvalue weighted by molar-refractivity contribution is 9.10. The van der Waals surface area contributed by atoms with Crippen molar-refractivity contribution < 1.29 is 28.3 Å². The molecule has 0 atom stereocenters. The minimum Gasteiger partial charge on any atom is -0.467 e. The highest BCUT2D eigenvalue weighted by Crippen LogP contribution is 2.33. The summed E-state index contributed by atoms with van der Waals surface area (Å²) in [5.41, 5.74) is 0.932. The summed E-state index contributed by atoms with van der Waals surface area (Å²) in [5.74, 6) is -0.799. The van der Waals surface area contributed by atoms with E-state index in [9.17, 15) is 19.3 Å². The lowest BCUT2D eigenvalue weighted by Gasteiger charge is -2.20. The van der Waals surface area contributed by atoms with E-state index in [2.05, 4.69) is 15.9 Å². The molecule has 1 aliphatic rings. The van der Waals surface area contributed by atoms with Crippen LogP contribution in [0.1, 0.15) is 16.7 Å². The van der Waals surface area contributed by atoms with Gasteiger partial charge in [0.2, 0.25) is 0 Å². The summed E-state index contributed by atoms with van der Waals surface area (Å²) in [6.07, 6.45) is 2.37. The number of carbonyl (C=O) groups excluding carboxylic acids is 1. The van der Waals surface area contributed by atoms with Crippen molar-refractivity contribution in [3.63, 3.8) is 0 Å². The molecule has 7 nitrogen and oxygen atoms in total. The van der Waals surface area contributed by atoms with Crippen LogP contribution in [0.25, 0.3) is 6.08 Å². The molecule has 0 amide bonds. The van der Waals surface area contributed by atoms with Gasteiger partial charge in [0.15, 0.2) is 6.79 Å². The minimum atomic E-state index is -0.721. The number of rotatable bonds is 5. The Hall–Kier alpha value is -2.78. The van der Waals surface area contributed by atoms with Crippen molar-refractivity contribution in [3.05, 3.63) is 73.5 Å². The number of fused-ring (bicyclic) bond motifs is 1. The molecule has 27 heavy (non-hydrogen) atoms. The number of hydrogen-bond donors (Lipinski definition) is 0. The standard InChI is InChI=1S/C18H13BrFNO6/c19-14-2-3-16(20)11(5-14)1-4-17(22)26-9-13-7-15(21(23)24)6-12-8-25-10-27-18(12)13/h1-7H,8-10H2/b4-1+. The van der Waals surface area contributed by atoms with E-state index in [1.165, 1.54) is 30.3 Å². The molecule has 2 aromatic rings. The Kier molecular flexibility index (Phi) is 5.82. The molecule has 0 aliphatic carbocycles. The van der Waals surface area contributed by atoms with Gasteiger partial charge in [-0.1, -0.05) is 15.9 Å². The normalized spacial score (nSPS) is 13.1. The fourth-order valence-corrected chi connectivity index (χ4v) is 2.87. The number of hydrogen-bond acceptors (Lipinski definition) is 6. The predicted molar refractivity (Wildman–Crippen MR) is 96.3 cm³/mol. The zero-order chi connectivity index (χ0) is 19.4. The second-order valence-electron chi connectivity index (χ2n) is 5.57. The summed E-state index contributed by atoms with van der Waals surface area (Å²) in [6, 6.07) is 6.97. The lowest BCUT2D eigenvalue weighted by Crippen LogP contribution is -2.14. The van der Waals surface area contributed by atoms with E-state index in [4.69, 9.17) is 14.2 Å². The van der Waals surface area contributed by atoms with Gasteiger partial charge in [0.25, 0.3) is 5.69 Å². The first-order valence-corrected chi connectivity index (χ1v) is 8.54. The van der Waals surface area contributed by atoms with Crippen molar-refractivity contribution in [2.45, 2.75) is 13.2 Å². The molecule has 3 rings (SSSR count). The minimum absolute atomic E-state index is 0.00776. The van der Waals surface area contributed by atoms with Crippen molar-refractivity contribution in [1.29, 1.82) is 0 Å². The van der Waals surface area contributed by atoms with E-state index in [-0.39, 0.29) is 31.3 Å². The zero-order valence-electron chi connectivity index (χ0n) is 13.8. The van der Waals surface area contributed by atoms with E-state index in [1.54, 1.807) is 6.07 Å². The number of nitrogens with zero attached hydrogens (tertiary/aromatic N) is 1. The van der Waals surface area contributed by atoms with Crippen molar-refractivity contribution >= 4 is 33.7 Å². The van der Waals surface area contributed by atoms with Gasteiger partial charge in [0.1, 0.15) is 18.2 Å². The van der Waals surface area contributed by atoms with Gasteiger partial charge in [0, 0.05) is 39.4 Å². The van der Waals surface area contributed by atoms with E-state index in [0.717, 1.165) is 6.08 Å². The molecule has 0 saturated heterocycles. The number of ether oxygens (including phenoxy) is 3.